The van der Waals surface area contributed by atoms with Crippen molar-refractivity contribution in [2.75, 3.05) is 56.6 Å². The van der Waals surface area contributed by atoms with Gasteiger partial charge in [0.25, 0.3) is 0 Å². The second-order valence-electron chi connectivity index (χ2n) is 8.09. The Bertz CT molecular complexity index is 636. The Labute approximate surface area is 169 Å². The Hall–Kier alpha value is -1.79. The molecular weight excluding hydrogens is 354 g/mol. The fourth-order valence-electron chi connectivity index (χ4n) is 4.11. The number of nitrogen functional groups attached to an aromatic ring is 1. The highest BCUT2D eigenvalue weighted by Gasteiger charge is 2.24. The van der Waals surface area contributed by atoms with Crippen molar-refractivity contribution in [1.29, 1.82) is 0 Å². The van der Waals surface area contributed by atoms with Crippen molar-refractivity contribution >= 4 is 17.3 Å². The number of anilines is 2. The van der Waals surface area contributed by atoms with Crippen LogP contribution in [0.1, 0.15) is 38.2 Å². The van der Waals surface area contributed by atoms with E-state index < -0.39 is 0 Å². The van der Waals surface area contributed by atoms with Gasteiger partial charge in [0.05, 0.1) is 19.3 Å². The molecule has 0 aromatic heterocycles. The zero-order valence-corrected chi connectivity index (χ0v) is 17.4. The van der Waals surface area contributed by atoms with E-state index in [1.807, 2.05) is 13.0 Å². The van der Waals surface area contributed by atoms with Crippen LogP contribution in [0.3, 0.4) is 0 Å². The van der Waals surface area contributed by atoms with Crippen molar-refractivity contribution in [3.63, 3.8) is 0 Å². The molecule has 0 amide bonds. The molecule has 1 aromatic carbocycles. The number of aryl methyl sites for hydroxylation is 1. The molecule has 6 heteroatoms. The number of nitrogens with two attached hydrogens (primary N) is 1. The molecule has 0 spiro atoms. The van der Waals surface area contributed by atoms with E-state index in [2.05, 4.69) is 28.9 Å². The van der Waals surface area contributed by atoms with E-state index in [0.717, 1.165) is 56.9 Å². The van der Waals surface area contributed by atoms with Gasteiger partial charge in [-0.15, -0.1) is 0 Å². The highest BCUT2D eigenvalue weighted by Crippen LogP contribution is 2.26. The van der Waals surface area contributed by atoms with E-state index in [-0.39, 0.29) is 5.97 Å². The molecule has 2 fully saturated rings. The molecule has 0 atom stereocenters. The number of hydrogen-bond acceptors (Lipinski definition) is 6. The molecule has 2 heterocycles. The Morgan fingerprint density at radius 3 is 2.50 bits per heavy atom. The van der Waals surface area contributed by atoms with Gasteiger partial charge in [-0.3, -0.25) is 9.69 Å². The molecule has 1 aromatic rings. The predicted octanol–water partition coefficient (Wildman–Crippen LogP) is 2.84. The lowest BCUT2D eigenvalue weighted by molar-refractivity contribution is -0.145. The quantitative estimate of drug-likeness (QED) is 0.571. The number of rotatable bonds is 7. The number of ether oxygens (including phenoxy) is 2. The molecule has 2 saturated heterocycles. The summed E-state index contributed by atoms with van der Waals surface area (Å²) in [5, 5.41) is 0. The minimum Gasteiger partial charge on any atom is -0.465 e. The molecule has 0 bridgehead atoms. The topological polar surface area (TPSA) is 68.0 Å². The third-order valence-corrected chi connectivity index (χ3v) is 5.99. The van der Waals surface area contributed by atoms with Gasteiger partial charge in [-0.05, 0) is 69.2 Å². The van der Waals surface area contributed by atoms with Crippen molar-refractivity contribution in [3.05, 3.63) is 23.8 Å². The normalized spacial score (nSPS) is 19.7. The summed E-state index contributed by atoms with van der Waals surface area (Å²) < 4.78 is 11.3. The highest BCUT2D eigenvalue weighted by molar-refractivity contribution is 5.71. The van der Waals surface area contributed by atoms with Gasteiger partial charge in [-0.1, -0.05) is 0 Å². The molecule has 0 radical (unpaired) electrons. The molecule has 2 aliphatic heterocycles. The number of piperidine rings is 2. The molecule has 2 aliphatic rings. The number of benzene rings is 1. The number of hydrogen-bond donors (Lipinski definition) is 1. The van der Waals surface area contributed by atoms with E-state index in [4.69, 9.17) is 15.2 Å². The van der Waals surface area contributed by atoms with Crippen LogP contribution in [0.15, 0.2) is 18.2 Å². The number of carbonyl (C=O) groups excluding carboxylic acids is 1. The first-order valence-corrected chi connectivity index (χ1v) is 10.7. The van der Waals surface area contributed by atoms with E-state index in [9.17, 15) is 4.79 Å². The monoisotopic (exact) mass is 389 g/mol. The number of carbonyl (C=O) groups is 1. The highest BCUT2D eigenvalue weighted by atomic mass is 16.5. The van der Waals surface area contributed by atoms with Crippen LogP contribution in [-0.4, -0.2) is 62.9 Å². The molecule has 0 saturated carbocycles. The number of nitrogens with zero attached hydrogens (tertiary/aromatic N) is 2. The van der Waals surface area contributed by atoms with Crippen LogP contribution in [0.2, 0.25) is 0 Å². The van der Waals surface area contributed by atoms with Crippen molar-refractivity contribution in [2.24, 2.45) is 5.92 Å². The Morgan fingerprint density at radius 2 is 1.86 bits per heavy atom. The zero-order valence-electron chi connectivity index (χ0n) is 17.4. The van der Waals surface area contributed by atoms with Gasteiger partial charge in [0, 0.05) is 44.2 Å². The summed E-state index contributed by atoms with van der Waals surface area (Å²) >= 11 is 0. The molecule has 3 rings (SSSR count). The molecular formula is C22H35N3O3. The van der Waals surface area contributed by atoms with Crippen molar-refractivity contribution in [3.8, 4) is 0 Å². The Kier molecular flexibility index (Phi) is 7.57. The van der Waals surface area contributed by atoms with Gasteiger partial charge >= 0.3 is 5.97 Å². The van der Waals surface area contributed by atoms with E-state index >= 15 is 0 Å². The van der Waals surface area contributed by atoms with Gasteiger partial charge in [0.2, 0.25) is 0 Å². The smallest absolute Gasteiger partial charge is 0.320 e. The lowest BCUT2D eigenvalue weighted by atomic mass is 9.96. The Balaban J connectivity index is 1.34. The van der Waals surface area contributed by atoms with Gasteiger partial charge in [0.1, 0.15) is 0 Å². The third-order valence-electron chi connectivity index (χ3n) is 5.99. The molecule has 6 nitrogen and oxygen atoms in total. The van der Waals surface area contributed by atoms with Crippen molar-refractivity contribution < 1.29 is 14.3 Å². The van der Waals surface area contributed by atoms with Gasteiger partial charge in [-0.25, -0.2) is 0 Å². The van der Waals surface area contributed by atoms with Crippen molar-refractivity contribution in [2.45, 2.75) is 45.6 Å². The van der Waals surface area contributed by atoms with E-state index in [0.29, 0.717) is 25.2 Å². The van der Waals surface area contributed by atoms with Crippen LogP contribution >= 0.6 is 0 Å². The first kappa shape index (κ1) is 20.9. The van der Waals surface area contributed by atoms with Crippen molar-refractivity contribution in [1.82, 2.24) is 4.90 Å². The minimum atomic E-state index is -0.120. The third kappa shape index (κ3) is 5.85. The van der Waals surface area contributed by atoms with Crippen LogP contribution in [-0.2, 0) is 14.3 Å². The average molecular weight is 390 g/mol. The van der Waals surface area contributed by atoms with E-state index in [1.165, 1.54) is 18.5 Å². The summed E-state index contributed by atoms with van der Waals surface area (Å²) in [7, 11) is 0. The van der Waals surface area contributed by atoms with E-state index in [1.54, 1.807) is 0 Å². The lowest BCUT2D eigenvalue weighted by Gasteiger charge is -2.35. The second-order valence-corrected chi connectivity index (χ2v) is 8.09. The molecule has 28 heavy (non-hydrogen) atoms. The summed E-state index contributed by atoms with van der Waals surface area (Å²) in [6.45, 7) is 9.62. The lowest BCUT2D eigenvalue weighted by Crippen LogP contribution is -2.41. The fourth-order valence-corrected chi connectivity index (χ4v) is 4.11. The first-order valence-electron chi connectivity index (χ1n) is 10.7. The maximum absolute atomic E-state index is 11.6. The van der Waals surface area contributed by atoms with Gasteiger partial charge < -0.3 is 20.1 Å². The summed E-state index contributed by atoms with van der Waals surface area (Å²) in [6, 6.07) is 6.33. The maximum Gasteiger partial charge on any atom is 0.320 e. The molecule has 0 unspecified atom stereocenters. The average Bonchev–Trinajstić information content (AvgIpc) is 2.70. The first-order chi connectivity index (χ1) is 13.5. The molecule has 0 aliphatic carbocycles. The standard InChI is InChI=1S/C22H35N3O3/c1-3-27-22(26)15-24-10-8-20(9-11-24)28-16-18-6-12-25(13-7-18)19-4-5-21(23)17(2)14-19/h4-5,14,18,20H,3,6-13,15-16,23H2,1-2H3. The van der Waals surface area contributed by atoms with Gasteiger partial charge in [-0.2, -0.15) is 0 Å². The predicted molar refractivity (Wildman–Crippen MR) is 113 cm³/mol. The summed E-state index contributed by atoms with van der Waals surface area (Å²) in [6.07, 6.45) is 4.68. The zero-order chi connectivity index (χ0) is 19.9. The van der Waals surface area contributed by atoms with Crippen LogP contribution in [0.25, 0.3) is 0 Å². The SMILES string of the molecule is CCOC(=O)CN1CCC(OCC2CCN(c3ccc(N)c(C)c3)CC2)CC1. The summed E-state index contributed by atoms with van der Waals surface area (Å²) in [5.41, 5.74) is 9.22. The number of likely N-dealkylation sites (tertiary alicyclic amines) is 1. The molecule has 156 valence electrons. The largest absolute Gasteiger partial charge is 0.465 e. The molecule has 2 N–H and O–H groups in total. The fraction of sp³-hybridized carbons (Fsp3) is 0.682. The Morgan fingerprint density at radius 1 is 1.14 bits per heavy atom. The summed E-state index contributed by atoms with van der Waals surface area (Å²) in [5.74, 6) is 0.522. The van der Waals surface area contributed by atoms with Crippen LogP contribution in [0.5, 0.6) is 0 Å². The van der Waals surface area contributed by atoms with Gasteiger partial charge in [0.15, 0.2) is 0 Å². The number of esters is 1. The van der Waals surface area contributed by atoms with Crippen LogP contribution < -0.4 is 10.6 Å². The maximum atomic E-state index is 11.6. The summed E-state index contributed by atoms with van der Waals surface area (Å²) in [4.78, 5) is 16.2. The van der Waals surface area contributed by atoms with Crippen LogP contribution in [0, 0.1) is 12.8 Å². The van der Waals surface area contributed by atoms with Crippen LogP contribution in [0.4, 0.5) is 11.4 Å². The second kappa shape index (κ2) is 10.1. The minimum absolute atomic E-state index is 0.120.